The van der Waals surface area contributed by atoms with Gasteiger partial charge in [-0.2, -0.15) is 0 Å². The summed E-state index contributed by atoms with van der Waals surface area (Å²) in [6.45, 7) is 0. The molecule has 5 heteroatoms. The molecule has 1 rings (SSSR count). The Labute approximate surface area is 109 Å². The third kappa shape index (κ3) is 6.74. The lowest BCUT2D eigenvalue weighted by Crippen LogP contribution is -2.36. The van der Waals surface area contributed by atoms with Gasteiger partial charge in [-0.1, -0.05) is 30.3 Å². The Balaban J connectivity index is 2.27. The normalized spacial score (nSPS) is 13.4. The lowest BCUT2D eigenvalue weighted by atomic mass is 10.0. The molecule has 0 aromatic heterocycles. The summed E-state index contributed by atoms with van der Waals surface area (Å²) in [5, 5.41) is 0. The second-order valence-electron chi connectivity index (χ2n) is 4.66. The number of hydrazine groups is 1. The van der Waals surface area contributed by atoms with Crippen molar-refractivity contribution < 1.29 is 8.42 Å². The van der Waals surface area contributed by atoms with Gasteiger partial charge in [-0.3, -0.25) is 11.3 Å². The predicted molar refractivity (Wildman–Crippen MR) is 74.8 cm³/mol. The van der Waals surface area contributed by atoms with Crippen LogP contribution in [0.1, 0.15) is 24.8 Å². The molecule has 0 heterocycles. The molecule has 0 radical (unpaired) electrons. The fourth-order valence-electron chi connectivity index (χ4n) is 1.86. The molecule has 3 N–H and O–H groups in total. The summed E-state index contributed by atoms with van der Waals surface area (Å²) in [5.74, 6) is 5.62. The molecule has 0 saturated heterocycles. The highest BCUT2D eigenvalue weighted by Gasteiger charge is 2.10. The molecule has 1 aromatic rings. The Morgan fingerprint density at radius 2 is 1.89 bits per heavy atom. The molecule has 0 bridgehead atoms. The lowest BCUT2D eigenvalue weighted by Gasteiger charge is -2.15. The van der Waals surface area contributed by atoms with Gasteiger partial charge < -0.3 is 0 Å². The molecule has 0 aliphatic carbocycles. The van der Waals surface area contributed by atoms with Crippen LogP contribution in [0.3, 0.4) is 0 Å². The number of hydrogen-bond acceptors (Lipinski definition) is 4. The predicted octanol–water partition coefficient (Wildman–Crippen LogP) is 1.28. The summed E-state index contributed by atoms with van der Waals surface area (Å²) < 4.78 is 22.2. The molecule has 0 aliphatic rings. The second-order valence-corrected chi connectivity index (χ2v) is 6.92. The van der Waals surface area contributed by atoms with Gasteiger partial charge in [-0.15, -0.1) is 0 Å². The van der Waals surface area contributed by atoms with E-state index in [-0.39, 0.29) is 11.8 Å². The van der Waals surface area contributed by atoms with E-state index in [2.05, 4.69) is 17.6 Å². The van der Waals surface area contributed by atoms with Crippen LogP contribution in [0.25, 0.3) is 0 Å². The van der Waals surface area contributed by atoms with Crippen LogP contribution < -0.4 is 11.3 Å². The first kappa shape index (κ1) is 15.1. The van der Waals surface area contributed by atoms with E-state index in [9.17, 15) is 8.42 Å². The maximum atomic E-state index is 11.1. The molecule has 1 atom stereocenters. The first-order chi connectivity index (χ1) is 8.51. The number of benzene rings is 1. The van der Waals surface area contributed by atoms with Crippen molar-refractivity contribution in [2.45, 2.75) is 31.7 Å². The van der Waals surface area contributed by atoms with Crippen molar-refractivity contribution in [1.82, 2.24) is 5.43 Å². The van der Waals surface area contributed by atoms with Gasteiger partial charge in [0.05, 0.1) is 5.75 Å². The monoisotopic (exact) mass is 270 g/mol. The summed E-state index contributed by atoms with van der Waals surface area (Å²) in [5.41, 5.74) is 4.00. The van der Waals surface area contributed by atoms with Gasteiger partial charge in [0.25, 0.3) is 0 Å². The zero-order valence-electron chi connectivity index (χ0n) is 10.8. The fourth-order valence-corrected chi connectivity index (χ4v) is 2.58. The highest BCUT2D eigenvalue weighted by atomic mass is 32.2. The van der Waals surface area contributed by atoms with Gasteiger partial charge in [0.1, 0.15) is 9.84 Å². The van der Waals surface area contributed by atoms with E-state index < -0.39 is 9.84 Å². The number of rotatable bonds is 8. The Bertz CT molecular complexity index is 432. The van der Waals surface area contributed by atoms with Gasteiger partial charge in [-0.25, -0.2) is 8.42 Å². The molecule has 18 heavy (non-hydrogen) atoms. The third-order valence-electron chi connectivity index (χ3n) is 2.93. The summed E-state index contributed by atoms with van der Waals surface area (Å²) in [6, 6.07) is 10.3. The fraction of sp³-hybridized carbons (Fsp3) is 0.538. The van der Waals surface area contributed by atoms with E-state index in [4.69, 9.17) is 5.84 Å². The van der Waals surface area contributed by atoms with Crippen molar-refractivity contribution in [2.24, 2.45) is 5.84 Å². The average molecular weight is 270 g/mol. The summed E-state index contributed by atoms with van der Waals surface area (Å²) in [4.78, 5) is 0. The van der Waals surface area contributed by atoms with Crippen molar-refractivity contribution in [3.05, 3.63) is 35.9 Å². The van der Waals surface area contributed by atoms with Crippen molar-refractivity contribution in [3.63, 3.8) is 0 Å². The quantitative estimate of drug-likeness (QED) is 0.551. The first-order valence-electron chi connectivity index (χ1n) is 6.19. The van der Waals surface area contributed by atoms with Crippen LogP contribution in [0.5, 0.6) is 0 Å². The van der Waals surface area contributed by atoms with Crippen LogP contribution in [0, 0.1) is 0 Å². The van der Waals surface area contributed by atoms with Crippen LogP contribution in [0.4, 0.5) is 0 Å². The third-order valence-corrected chi connectivity index (χ3v) is 3.91. The van der Waals surface area contributed by atoms with Gasteiger partial charge in [-0.05, 0) is 31.2 Å². The lowest BCUT2D eigenvalue weighted by molar-refractivity contribution is 0.465. The number of sulfone groups is 1. The molecule has 0 amide bonds. The molecular weight excluding hydrogens is 248 g/mol. The minimum atomic E-state index is -2.90. The molecule has 0 aliphatic heterocycles. The highest BCUT2D eigenvalue weighted by Crippen LogP contribution is 2.08. The second kappa shape index (κ2) is 7.51. The zero-order valence-corrected chi connectivity index (χ0v) is 11.6. The molecule has 102 valence electrons. The minimum absolute atomic E-state index is 0.0726. The van der Waals surface area contributed by atoms with E-state index >= 15 is 0 Å². The SMILES string of the molecule is CS(=O)(=O)CCC(CCCc1ccccc1)NN. The summed E-state index contributed by atoms with van der Waals surface area (Å²) in [6.07, 6.45) is 4.72. The van der Waals surface area contributed by atoms with Gasteiger partial charge in [0.15, 0.2) is 0 Å². The number of nitrogens with one attached hydrogen (secondary N) is 1. The Hall–Kier alpha value is -0.910. The Morgan fingerprint density at radius 3 is 2.44 bits per heavy atom. The van der Waals surface area contributed by atoms with Crippen LogP contribution in [0.2, 0.25) is 0 Å². The van der Waals surface area contributed by atoms with Crippen LogP contribution in [0.15, 0.2) is 30.3 Å². The summed E-state index contributed by atoms with van der Waals surface area (Å²) in [7, 11) is -2.90. The molecular formula is C13H22N2O2S. The standard InChI is InChI=1S/C13H22N2O2S/c1-18(16,17)11-10-13(15-14)9-5-8-12-6-3-2-4-7-12/h2-4,6-7,13,15H,5,8-11,14H2,1H3. The molecule has 1 aromatic carbocycles. The first-order valence-corrected chi connectivity index (χ1v) is 8.25. The van der Waals surface area contributed by atoms with Gasteiger partial charge in [0, 0.05) is 12.3 Å². The van der Waals surface area contributed by atoms with E-state index in [1.54, 1.807) is 0 Å². The molecule has 1 unspecified atom stereocenters. The van der Waals surface area contributed by atoms with Crippen LogP contribution in [-0.2, 0) is 16.3 Å². The zero-order chi connectivity index (χ0) is 13.4. The van der Waals surface area contributed by atoms with E-state index in [0.717, 1.165) is 19.3 Å². The molecule has 4 nitrogen and oxygen atoms in total. The molecule has 0 spiro atoms. The smallest absolute Gasteiger partial charge is 0.147 e. The van der Waals surface area contributed by atoms with Crippen LogP contribution >= 0.6 is 0 Å². The number of nitrogens with two attached hydrogens (primary N) is 1. The molecule has 0 fully saturated rings. The highest BCUT2D eigenvalue weighted by molar-refractivity contribution is 7.90. The van der Waals surface area contributed by atoms with Crippen molar-refractivity contribution >= 4 is 9.84 Å². The topological polar surface area (TPSA) is 72.2 Å². The maximum absolute atomic E-state index is 11.1. The van der Waals surface area contributed by atoms with Crippen molar-refractivity contribution in [2.75, 3.05) is 12.0 Å². The van der Waals surface area contributed by atoms with E-state index in [1.165, 1.54) is 11.8 Å². The number of aryl methyl sites for hydroxylation is 1. The minimum Gasteiger partial charge on any atom is -0.271 e. The van der Waals surface area contributed by atoms with Gasteiger partial charge in [0.2, 0.25) is 0 Å². The largest absolute Gasteiger partial charge is 0.271 e. The summed E-state index contributed by atoms with van der Waals surface area (Å²) >= 11 is 0. The average Bonchev–Trinajstić information content (AvgIpc) is 2.33. The van der Waals surface area contributed by atoms with E-state index in [1.807, 2.05) is 18.2 Å². The van der Waals surface area contributed by atoms with Crippen LogP contribution in [-0.4, -0.2) is 26.5 Å². The van der Waals surface area contributed by atoms with Crippen molar-refractivity contribution in [1.29, 1.82) is 0 Å². The van der Waals surface area contributed by atoms with E-state index in [0.29, 0.717) is 6.42 Å². The Morgan fingerprint density at radius 1 is 1.22 bits per heavy atom. The maximum Gasteiger partial charge on any atom is 0.147 e. The van der Waals surface area contributed by atoms with Crippen molar-refractivity contribution in [3.8, 4) is 0 Å². The number of hydrogen-bond donors (Lipinski definition) is 2. The van der Waals surface area contributed by atoms with Gasteiger partial charge >= 0.3 is 0 Å². The molecule has 0 saturated carbocycles. The Kier molecular flexibility index (Phi) is 6.32.